The van der Waals surface area contributed by atoms with Gasteiger partial charge < -0.3 is 23.7 Å². The van der Waals surface area contributed by atoms with Gasteiger partial charge in [0.15, 0.2) is 6.10 Å². The molecule has 0 spiro atoms. The van der Waals surface area contributed by atoms with Crippen molar-refractivity contribution in [3.05, 3.63) is 0 Å². The fourth-order valence-corrected chi connectivity index (χ4v) is 7.19. The van der Waals surface area contributed by atoms with Gasteiger partial charge in [0, 0.05) is 11.8 Å². The zero-order chi connectivity index (χ0) is 29.5. The molecule has 12 nitrogen and oxygen atoms in total. The highest BCUT2D eigenvalue weighted by atomic mass is 32.2. The second-order valence-corrected chi connectivity index (χ2v) is 12.5. The third-order valence-corrected chi connectivity index (χ3v) is 9.46. The van der Waals surface area contributed by atoms with Crippen LogP contribution in [-0.2, 0) is 53.0 Å². The van der Waals surface area contributed by atoms with E-state index in [1.807, 2.05) is 6.92 Å². The number of hydrogen-bond donors (Lipinski definition) is 1. The Morgan fingerprint density at radius 3 is 2.40 bits per heavy atom. The van der Waals surface area contributed by atoms with Gasteiger partial charge in [0.2, 0.25) is 0 Å². The van der Waals surface area contributed by atoms with Crippen LogP contribution in [-0.4, -0.2) is 79.2 Å². The number of fused-ring (bicyclic) bond motifs is 1. The van der Waals surface area contributed by atoms with E-state index in [0.29, 0.717) is 13.3 Å². The zero-order valence-corrected chi connectivity index (χ0v) is 23.0. The van der Waals surface area contributed by atoms with E-state index in [2.05, 4.69) is 4.74 Å². The highest BCUT2D eigenvalue weighted by molar-refractivity contribution is 7.86. The second-order valence-electron chi connectivity index (χ2n) is 11.0. The van der Waals surface area contributed by atoms with Crippen LogP contribution in [0.1, 0.15) is 65.2 Å². The van der Waals surface area contributed by atoms with Crippen molar-refractivity contribution >= 4 is 34.0 Å². The number of carbonyl (C=O) groups excluding carboxylic acids is 4. The highest BCUT2D eigenvalue weighted by Gasteiger charge is 2.70. The molecule has 4 rings (SSSR count). The van der Waals surface area contributed by atoms with E-state index in [1.165, 1.54) is 0 Å². The Balaban J connectivity index is 1.32. The minimum atomic E-state index is -5.83. The predicted octanol–water partition coefficient (Wildman–Crippen LogP) is 2.18. The smallest absolute Gasteiger partial charge is 0.405 e. The molecule has 1 aliphatic heterocycles. The summed E-state index contributed by atoms with van der Waals surface area (Å²) >= 11 is 0. The van der Waals surface area contributed by atoms with Crippen molar-refractivity contribution in [2.75, 3.05) is 13.2 Å². The van der Waals surface area contributed by atoms with Crippen molar-refractivity contribution in [3.8, 4) is 0 Å². The minimum Gasteiger partial charge on any atom is -0.459 e. The Bertz CT molecular complexity index is 1110. The van der Waals surface area contributed by atoms with Crippen LogP contribution in [0.15, 0.2) is 0 Å². The normalized spacial score (nSPS) is 31.4. The van der Waals surface area contributed by atoms with Crippen LogP contribution in [0.4, 0.5) is 8.78 Å². The van der Waals surface area contributed by atoms with Gasteiger partial charge in [-0.3, -0.25) is 14.1 Å². The predicted molar refractivity (Wildman–Crippen MR) is 128 cm³/mol. The molecule has 1 saturated heterocycles. The molecule has 3 aliphatic carbocycles. The maximum Gasteiger partial charge on any atom is 0.405 e. The molecule has 4 aliphatic rings. The molecular formula is C25H34F2O12S. The third kappa shape index (κ3) is 5.82. The lowest BCUT2D eigenvalue weighted by Crippen LogP contribution is -2.47. The number of rotatable bonds is 12. The monoisotopic (exact) mass is 596 g/mol. The van der Waals surface area contributed by atoms with Crippen molar-refractivity contribution in [2.24, 2.45) is 23.7 Å². The Hall–Kier alpha value is -2.39. The van der Waals surface area contributed by atoms with Crippen molar-refractivity contribution in [3.63, 3.8) is 0 Å². The molecule has 4 fully saturated rings. The standard InChI is InChI=1S/C25H34F2O12S/c1-3-7-24(8-5-4-6-9-24)39-23(31)19-15-10-14-18(19)22(30)38-21(14)20(15)37-17(29)12-35-11-16(28)36-13(2)25(26,27)40(32,33)34/h13-15,18-21H,3-12H2,1-2H3,(H,32,33,34). The van der Waals surface area contributed by atoms with Gasteiger partial charge in [0.25, 0.3) is 0 Å². The number of halogens is 2. The third-order valence-electron chi connectivity index (χ3n) is 8.44. The van der Waals surface area contributed by atoms with Crippen molar-refractivity contribution in [2.45, 2.75) is 94.4 Å². The summed E-state index contributed by atoms with van der Waals surface area (Å²) in [5.41, 5.74) is -0.564. The number of carbonyl (C=O) groups is 4. The first-order valence-corrected chi connectivity index (χ1v) is 14.9. The summed E-state index contributed by atoms with van der Waals surface area (Å²) in [6, 6.07) is 0. The second kappa shape index (κ2) is 11.5. The van der Waals surface area contributed by atoms with Crippen LogP contribution in [0.5, 0.6) is 0 Å². The van der Waals surface area contributed by atoms with E-state index < -0.39 is 94.1 Å². The van der Waals surface area contributed by atoms with Crippen LogP contribution in [0.25, 0.3) is 0 Å². The maximum atomic E-state index is 13.5. The van der Waals surface area contributed by atoms with Crippen LogP contribution in [0.3, 0.4) is 0 Å². The maximum absolute atomic E-state index is 13.5. The number of hydrogen-bond acceptors (Lipinski definition) is 11. The fraction of sp³-hybridized carbons (Fsp3) is 0.840. The van der Waals surface area contributed by atoms with Crippen LogP contribution < -0.4 is 0 Å². The lowest BCUT2D eigenvalue weighted by Gasteiger charge is -2.39. The molecule has 2 bridgehead atoms. The van der Waals surface area contributed by atoms with E-state index in [0.717, 1.165) is 44.9 Å². The summed E-state index contributed by atoms with van der Waals surface area (Å²) in [5, 5.41) is -4.75. The Kier molecular flexibility index (Phi) is 8.77. The zero-order valence-electron chi connectivity index (χ0n) is 22.2. The summed E-state index contributed by atoms with van der Waals surface area (Å²) < 4.78 is 83.3. The molecule has 15 heteroatoms. The molecule has 0 aromatic heterocycles. The average molecular weight is 597 g/mol. The first-order valence-electron chi connectivity index (χ1n) is 13.5. The van der Waals surface area contributed by atoms with Crippen LogP contribution in [0.2, 0.25) is 0 Å². The molecular weight excluding hydrogens is 562 g/mol. The van der Waals surface area contributed by atoms with E-state index in [9.17, 15) is 36.4 Å². The lowest BCUT2D eigenvalue weighted by molar-refractivity contribution is -0.180. The van der Waals surface area contributed by atoms with Gasteiger partial charge in [-0.25, -0.2) is 9.59 Å². The summed E-state index contributed by atoms with van der Waals surface area (Å²) in [7, 11) is -5.83. The van der Waals surface area contributed by atoms with Gasteiger partial charge in [-0.1, -0.05) is 19.8 Å². The lowest BCUT2D eigenvalue weighted by atomic mass is 9.77. The van der Waals surface area contributed by atoms with Gasteiger partial charge in [0.1, 0.15) is 31.0 Å². The molecule has 7 atom stereocenters. The van der Waals surface area contributed by atoms with Crippen LogP contribution in [0, 0.1) is 23.7 Å². The van der Waals surface area contributed by atoms with Gasteiger partial charge in [0.05, 0.1) is 11.8 Å². The number of alkyl halides is 2. The van der Waals surface area contributed by atoms with E-state index in [1.54, 1.807) is 0 Å². The van der Waals surface area contributed by atoms with E-state index >= 15 is 0 Å². The Morgan fingerprint density at radius 1 is 1.12 bits per heavy atom. The van der Waals surface area contributed by atoms with Crippen molar-refractivity contribution in [1.29, 1.82) is 0 Å². The molecule has 7 unspecified atom stereocenters. The average Bonchev–Trinajstić information content (AvgIpc) is 3.48. The quantitative estimate of drug-likeness (QED) is 0.198. The largest absolute Gasteiger partial charge is 0.459 e. The fourth-order valence-electron chi connectivity index (χ4n) is 6.72. The number of esters is 4. The summed E-state index contributed by atoms with van der Waals surface area (Å²) in [6.45, 7) is 0.788. The van der Waals surface area contributed by atoms with Crippen molar-refractivity contribution in [1.82, 2.24) is 0 Å². The molecule has 0 radical (unpaired) electrons. The number of ether oxygens (including phenoxy) is 5. The topological polar surface area (TPSA) is 169 Å². The minimum absolute atomic E-state index is 0.303. The first kappa shape index (κ1) is 30.6. The van der Waals surface area contributed by atoms with E-state index in [-0.39, 0.29) is 5.92 Å². The van der Waals surface area contributed by atoms with E-state index in [4.69, 9.17) is 23.5 Å². The summed E-state index contributed by atoms with van der Waals surface area (Å²) in [5.74, 6) is -5.66. The Labute approximate surface area is 230 Å². The van der Waals surface area contributed by atoms with Crippen LogP contribution >= 0.6 is 0 Å². The molecule has 3 saturated carbocycles. The van der Waals surface area contributed by atoms with Gasteiger partial charge in [-0.05, 0) is 45.4 Å². The molecule has 1 heterocycles. The van der Waals surface area contributed by atoms with Gasteiger partial charge in [-0.15, -0.1) is 0 Å². The van der Waals surface area contributed by atoms with Gasteiger partial charge in [-0.2, -0.15) is 17.2 Å². The SMILES string of the molecule is CCCC1(OC(=O)C2C3CC4C(OC(=O)C42)C3OC(=O)COCC(=O)OC(C)C(F)(F)S(=O)(=O)O)CCCCC1. The molecule has 0 aromatic rings. The summed E-state index contributed by atoms with van der Waals surface area (Å²) in [4.78, 5) is 50.3. The van der Waals surface area contributed by atoms with Crippen molar-refractivity contribution < 1.29 is 64.6 Å². The molecule has 0 aromatic carbocycles. The first-order chi connectivity index (χ1) is 18.7. The highest BCUT2D eigenvalue weighted by Crippen LogP contribution is 2.59. The van der Waals surface area contributed by atoms with Gasteiger partial charge >= 0.3 is 39.2 Å². The molecule has 0 amide bonds. The Morgan fingerprint density at radius 2 is 1.77 bits per heavy atom. The molecule has 40 heavy (non-hydrogen) atoms. The summed E-state index contributed by atoms with van der Waals surface area (Å²) in [6.07, 6.45) is 2.33. The molecule has 1 N–H and O–H groups in total. The molecule has 226 valence electrons.